The molecule has 0 saturated heterocycles. The minimum atomic E-state index is -5.37. The van der Waals surface area contributed by atoms with E-state index in [1.807, 2.05) is 0 Å². The number of hydrogen-bond donors (Lipinski definition) is 5. The molecule has 31 heavy (non-hydrogen) atoms. The number of nitrogens with one attached hydrogen (secondary N) is 1. The number of halogens is 3. The maximum absolute atomic E-state index is 13.4. The van der Waals surface area contributed by atoms with Crippen LogP contribution in [-0.4, -0.2) is 50.3 Å². The number of benzene rings is 1. The van der Waals surface area contributed by atoms with Gasteiger partial charge in [-0.25, -0.2) is 9.97 Å². The van der Waals surface area contributed by atoms with E-state index < -0.39 is 34.8 Å². The Balaban J connectivity index is 2.56. The molecule has 0 aliphatic heterocycles. The van der Waals surface area contributed by atoms with Crippen molar-refractivity contribution in [2.75, 3.05) is 12.3 Å². The number of aliphatic hydroxyl groups is 2. The zero-order valence-electron chi connectivity index (χ0n) is 16.9. The Hall–Kier alpha value is -3.25. The highest BCUT2D eigenvalue weighted by atomic mass is 19.4. The average Bonchev–Trinajstić information content (AvgIpc) is 2.64. The molecule has 2 aromatic rings. The summed E-state index contributed by atoms with van der Waals surface area (Å²) in [6.07, 6.45) is -4.24. The minimum Gasteiger partial charge on any atom is -0.389 e. The Bertz CT molecular complexity index is 1020. The van der Waals surface area contributed by atoms with Gasteiger partial charge in [0.15, 0.2) is 11.5 Å². The fourth-order valence-electron chi connectivity index (χ4n) is 2.64. The fourth-order valence-corrected chi connectivity index (χ4v) is 2.64. The number of nitrogens with zero attached hydrogens (tertiary/aromatic N) is 2. The lowest BCUT2D eigenvalue weighted by atomic mass is 9.89. The summed E-state index contributed by atoms with van der Waals surface area (Å²) in [5.41, 5.74) is 4.71. The maximum atomic E-state index is 13.4. The quantitative estimate of drug-likeness (QED) is 0.442. The van der Waals surface area contributed by atoms with E-state index in [0.717, 1.165) is 18.3 Å². The Kier molecular flexibility index (Phi) is 6.29. The summed E-state index contributed by atoms with van der Waals surface area (Å²) < 4.78 is 40.2. The summed E-state index contributed by atoms with van der Waals surface area (Å²) in [6.45, 7) is 4.35. The first-order chi connectivity index (χ1) is 14.1. The van der Waals surface area contributed by atoms with Crippen molar-refractivity contribution in [3.05, 3.63) is 41.2 Å². The zero-order valence-corrected chi connectivity index (χ0v) is 16.9. The van der Waals surface area contributed by atoms with Gasteiger partial charge in [-0.15, -0.1) is 0 Å². The first kappa shape index (κ1) is 24.0. The molecule has 7 N–H and O–H groups in total. The van der Waals surface area contributed by atoms with Gasteiger partial charge in [0.2, 0.25) is 0 Å². The van der Waals surface area contributed by atoms with Crippen LogP contribution in [-0.2, 0) is 10.4 Å². The predicted molar refractivity (Wildman–Crippen MR) is 104 cm³/mol. The molecule has 1 atom stereocenters. The highest BCUT2D eigenvalue weighted by Gasteiger charge is 2.60. The predicted octanol–water partition coefficient (Wildman–Crippen LogP) is 0.770. The molecule has 0 aliphatic rings. The van der Waals surface area contributed by atoms with Gasteiger partial charge in [0.25, 0.3) is 17.4 Å². The lowest BCUT2D eigenvalue weighted by Crippen LogP contribution is -2.52. The second kappa shape index (κ2) is 8.12. The molecule has 0 radical (unpaired) electrons. The maximum Gasteiger partial charge on any atom is 0.430 e. The first-order valence-corrected chi connectivity index (χ1v) is 8.91. The number of aromatic nitrogens is 2. The molecule has 0 saturated carbocycles. The molecule has 0 aliphatic carbocycles. The van der Waals surface area contributed by atoms with Crippen molar-refractivity contribution in [3.8, 4) is 11.3 Å². The topological polar surface area (TPSA) is 164 Å². The molecule has 0 bridgehead atoms. The first-order valence-electron chi connectivity index (χ1n) is 8.91. The van der Waals surface area contributed by atoms with Gasteiger partial charge in [0.05, 0.1) is 17.5 Å². The minimum absolute atomic E-state index is 0.0315. The molecule has 1 unspecified atom stereocenters. The Morgan fingerprint density at radius 3 is 2.32 bits per heavy atom. The smallest absolute Gasteiger partial charge is 0.389 e. The van der Waals surface area contributed by atoms with Gasteiger partial charge in [-0.1, -0.05) is 12.1 Å². The second-order valence-electron chi connectivity index (χ2n) is 7.59. The Morgan fingerprint density at radius 1 is 1.19 bits per heavy atom. The number of nitrogens with two attached hydrogens (primary N) is 2. The molecule has 9 nitrogen and oxygen atoms in total. The summed E-state index contributed by atoms with van der Waals surface area (Å²) in [5, 5.41) is 22.2. The van der Waals surface area contributed by atoms with E-state index >= 15 is 0 Å². The van der Waals surface area contributed by atoms with Gasteiger partial charge in [0.1, 0.15) is 0 Å². The number of primary amides is 1. The van der Waals surface area contributed by atoms with Gasteiger partial charge in [-0.05, 0) is 32.4 Å². The van der Waals surface area contributed by atoms with Crippen LogP contribution in [0.5, 0.6) is 0 Å². The largest absolute Gasteiger partial charge is 0.430 e. The molecular weight excluding hydrogens is 419 g/mol. The molecule has 168 valence electrons. The van der Waals surface area contributed by atoms with Crippen molar-refractivity contribution in [2.24, 2.45) is 5.73 Å². The normalized spacial score (nSPS) is 14.1. The van der Waals surface area contributed by atoms with E-state index in [1.54, 1.807) is 6.92 Å². The average molecular weight is 441 g/mol. The van der Waals surface area contributed by atoms with Crippen LogP contribution >= 0.6 is 0 Å². The number of rotatable bonds is 6. The number of carbonyl (C=O) groups excluding carboxylic acids is 2. The SMILES string of the molecule is Cc1ccc(C(O)(C(N)=O)C(F)(F)F)cc1-c1cnc(N)c(C(=O)NCC(C)(C)O)n1. The number of alkyl halides is 3. The lowest BCUT2D eigenvalue weighted by Gasteiger charge is -2.28. The molecule has 1 aromatic carbocycles. The van der Waals surface area contributed by atoms with E-state index in [4.69, 9.17) is 11.5 Å². The van der Waals surface area contributed by atoms with Crippen LogP contribution in [0.25, 0.3) is 11.3 Å². The van der Waals surface area contributed by atoms with Crippen LogP contribution in [0.4, 0.5) is 19.0 Å². The van der Waals surface area contributed by atoms with Crippen LogP contribution in [0.2, 0.25) is 0 Å². The van der Waals surface area contributed by atoms with Crippen molar-refractivity contribution in [3.63, 3.8) is 0 Å². The third kappa shape index (κ3) is 4.91. The molecule has 0 spiro atoms. The second-order valence-corrected chi connectivity index (χ2v) is 7.59. The van der Waals surface area contributed by atoms with Crippen molar-refractivity contribution >= 4 is 17.6 Å². The van der Waals surface area contributed by atoms with Gasteiger partial charge in [0, 0.05) is 17.7 Å². The molecular formula is C19H22F3N5O4. The van der Waals surface area contributed by atoms with Gasteiger partial charge < -0.3 is 27.0 Å². The third-order valence-electron chi connectivity index (χ3n) is 4.40. The highest BCUT2D eigenvalue weighted by Crippen LogP contribution is 2.40. The van der Waals surface area contributed by atoms with Crippen LogP contribution in [0.3, 0.4) is 0 Å². The molecule has 0 fully saturated rings. The van der Waals surface area contributed by atoms with Crippen LogP contribution in [0.1, 0.15) is 35.5 Å². The van der Waals surface area contributed by atoms with Crippen molar-refractivity contribution in [2.45, 2.75) is 38.1 Å². The molecule has 2 amide bonds. The van der Waals surface area contributed by atoms with Crippen molar-refractivity contribution in [1.82, 2.24) is 15.3 Å². The van der Waals surface area contributed by atoms with Crippen LogP contribution in [0, 0.1) is 6.92 Å². The number of amides is 2. The zero-order chi connectivity index (χ0) is 23.8. The standard InChI is InChI=1S/C19H22F3N5O4/c1-9-4-5-10(18(31,16(24)29)19(20,21)22)6-11(9)12-7-25-14(23)13(27-12)15(28)26-8-17(2,3)30/h4-7,30-31H,8H2,1-3H3,(H2,23,25)(H2,24,29)(H,26,28). The number of aryl methyl sites for hydroxylation is 1. The van der Waals surface area contributed by atoms with Crippen molar-refractivity contribution in [1.29, 1.82) is 0 Å². The van der Waals surface area contributed by atoms with Crippen LogP contribution < -0.4 is 16.8 Å². The Labute approximate surface area is 175 Å². The summed E-state index contributed by atoms with van der Waals surface area (Å²) >= 11 is 0. The summed E-state index contributed by atoms with van der Waals surface area (Å²) in [7, 11) is 0. The molecule has 1 aromatic heterocycles. The number of carbonyl (C=O) groups is 2. The van der Waals surface area contributed by atoms with E-state index in [2.05, 4.69) is 15.3 Å². The highest BCUT2D eigenvalue weighted by molar-refractivity contribution is 5.97. The fraction of sp³-hybridized carbons (Fsp3) is 0.368. The molecule has 12 heteroatoms. The van der Waals surface area contributed by atoms with Crippen molar-refractivity contribution < 1.29 is 33.0 Å². The van der Waals surface area contributed by atoms with Gasteiger partial charge >= 0.3 is 6.18 Å². The van der Waals surface area contributed by atoms with E-state index in [-0.39, 0.29) is 29.3 Å². The molecule has 1 heterocycles. The monoisotopic (exact) mass is 441 g/mol. The van der Waals surface area contributed by atoms with E-state index in [1.165, 1.54) is 19.9 Å². The Morgan fingerprint density at radius 2 is 1.81 bits per heavy atom. The number of anilines is 1. The lowest BCUT2D eigenvalue weighted by molar-refractivity contribution is -0.255. The van der Waals surface area contributed by atoms with Gasteiger partial charge in [-0.3, -0.25) is 9.59 Å². The van der Waals surface area contributed by atoms with Gasteiger partial charge in [-0.2, -0.15) is 13.2 Å². The summed E-state index contributed by atoms with van der Waals surface area (Å²) in [6, 6.07) is 3.04. The van der Waals surface area contributed by atoms with E-state index in [0.29, 0.717) is 5.56 Å². The molecule has 2 rings (SSSR count). The summed E-state index contributed by atoms with van der Waals surface area (Å²) in [5.74, 6) is -2.99. The third-order valence-corrected chi connectivity index (χ3v) is 4.40. The number of hydrogen-bond acceptors (Lipinski definition) is 7. The van der Waals surface area contributed by atoms with E-state index in [9.17, 15) is 33.0 Å². The number of nitrogen functional groups attached to an aromatic ring is 1. The van der Waals surface area contributed by atoms with Crippen LogP contribution in [0.15, 0.2) is 24.4 Å². The summed E-state index contributed by atoms with van der Waals surface area (Å²) in [4.78, 5) is 31.8.